The highest BCUT2D eigenvalue weighted by molar-refractivity contribution is 7.89. The lowest BCUT2D eigenvalue weighted by molar-refractivity contribution is 0.563. The monoisotopic (exact) mass is 302 g/mol. The molecule has 2 rings (SSSR count). The Bertz CT molecular complexity index is 612. The number of rotatable bonds is 5. The number of nitrogens with two attached hydrogens (primary N) is 1. The number of nitrogens with one attached hydrogen (secondary N) is 1. The second-order valence-electron chi connectivity index (χ2n) is 4.75. The van der Waals surface area contributed by atoms with Crippen molar-refractivity contribution in [2.45, 2.75) is 30.7 Å². The van der Waals surface area contributed by atoms with E-state index in [0.717, 1.165) is 18.9 Å². The summed E-state index contributed by atoms with van der Waals surface area (Å²) in [6, 6.07) is 3.02. The molecule has 1 fully saturated rings. The van der Waals surface area contributed by atoms with Crippen LogP contribution in [-0.2, 0) is 10.0 Å². The Morgan fingerprint density at radius 1 is 1.53 bits per heavy atom. The smallest absolute Gasteiger partial charge is 0.241 e. The molecule has 0 heterocycles. The molecule has 0 amide bonds. The Morgan fingerprint density at radius 3 is 2.63 bits per heavy atom. The SMILES string of the molecule is Cc1cc(F)ccc1S(=O)(=O)NC(C(N)=S)C1CC1. The molecule has 0 saturated heterocycles. The highest BCUT2D eigenvalue weighted by atomic mass is 32.2. The van der Waals surface area contributed by atoms with E-state index in [1.54, 1.807) is 6.92 Å². The van der Waals surface area contributed by atoms with E-state index >= 15 is 0 Å². The van der Waals surface area contributed by atoms with Crippen molar-refractivity contribution < 1.29 is 12.8 Å². The molecule has 1 saturated carbocycles. The van der Waals surface area contributed by atoms with Crippen LogP contribution in [0.3, 0.4) is 0 Å². The van der Waals surface area contributed by atoms with Crippen LogP contribution < -0.4 is 10.5 Å². The van der Waals surface area contributed by atoms with Crippen LogP contribution in [0, 0.1) is 18.7 Å². The average Bonchev–Trinajstić information content (AvgIpc) is 3.08. The maximum atomic E-state index is 13.0. The zero-order valence-corrected chi connectivity index (χ0v) is 12.0. The maximum absolute atomic E-state index is 13.0. The number of aryl methyl sites for hydroxylation is 1. The van der Waals surface area contributed by atoms with Crippen LogP contribution in [0.5, 0.6) is 0 Å². The van der Waals surface area contributed by atoms with Crippen molar-refractivity contribution in [2.75, 3.05) is 0 Å². The topological polar surface area (TPSA) is 72.2 Å². The lowest BCUT2D eigenvalue weighted by Crippen LogP contribution is -2.45. The van der Waals surface area contributed by atoms with Crippen molar-refractivity contribution in [3.63, 3.8) is 0 Å². The first kappa shape index (κ1) is 14.4. The standard InChI is InChI=1S/C12H15FN2O2S2/c1-7-6-9(13)4-5-10(7)19(16,17)15-11(12(14)18)8-2-3-8/h4-6,8,11,15H,2-3H2,1H3,(H2,14,18). The van der Waals surface area contributed by atoms with Gasteiger partial charge in [-0.1, -0.05) is 12.2 Å². The predicted octanol–water partition coefficient (Wildman–Crippen LogP) is 1.48. The van der Waals surface area contributed by atoms with E-state index in [1.807, 2.05) is 0 Å². The summed E-state index contributed by atoms with van der Waals surface area (Å²) in [5.41, 5.74) is 5.92. The number of benzene rings is 1. The summed E-state index contributed by atoms with van der Waals surface area (Å²) in [4.78, 5) is 0.196. The molecule has 0 spiro atoms. The van der Waals surface area contributed by atoms with Gasteiger partial charge in [0.05, 0.1) is 15.9 Å². The van der Waals surface area contributed by atoms with Crippen LogP contribution in [0.1, 0.15) is 18.4 Å². The maximum Gasteiger partial charge on any atom is 0.241 e. The molecule has 1 atom stereocenters. The van der Waals surface area contributed by atoms with E-state index in [9.17, 15) is 12.8 Å². The molecule has 0 aromatic heterocycles. The van der Waals surface area contributed by atoms with Gasteiger partial charge in [-0.25, -0.2) is 17.5 Å². The first-order valence-corrected chi connectivity index (χ1v) is 7.78. The highest BCUT2D eigenvalue weighted by Gasteiger charge is 2.36. The second-order valence-corrected chi connectivity index (χ2v) is 6.90. The minimum Gasteiger partial charge on any atom is -0.392 e. The fraction of sp³-hybridized carbons (Fsp3) is 0.417. The van der Waals surface area contributed by atoms with Gasteiger partial charge in [0.1, 0.15) is 5.82 Å². The molecule has 1 aliphatic carbocycles. The predicted molar refractivity (Wildman–Crippen MR) is 74.8 cm³/mol. The Labute approximate surface area is 117 Å². The van der Waals surface area contributed by atoms with Crippen LogP contribution in [0.2, 0.25) is 0 Å². The average molecular weight is 302 g/mol. The van der Waals surface area contributed by atoms with Gasteiger partial charge in [0, 0.05) is 0 Å². The summed E-state index contributed by atoms with van der Waals surface area (Å²) in [5, 5.41) is 0. The number of halogens is 1. The van der Waals surface area contributed by atoms with Gasteiger partial charge in [-0.2, -0.15) is 0 Å². The van der Waals surface area contributed by atoms with Gasteiger partial charge >= 0.3 is 0 Å². The third-order valence-corrected chi connectivity index (χ3v) is 4.96. The minimum atomic E-state index is -3.74. The fourth-order valence-electron chi connectivity index (χ4n) is 1.96. The lowest BCUT2D eigenvalue weighted by atomic mass is 10.2. The van der Waals surface area contributed by atoms with Crippen molar-refractivity contribution >= 4 is 27.2 Å². The van der Waals surface area contributed by atoms with Crippen molar-refractivity contribution in [3.05, 3.63) is 29.6 Å². The number of hydrogen-bond donors (Lipinski definition) is 2. The number of thiocarbonyl (C=S) groups is 1. The minimum absolute atomic E-state index is 0.0517. The molecule has 7 heteroatoms. The summed E-state index contributed by atoms with van der Waals surface area (Å²) in [6.07, 6.45) is 1.82. The van der Waals surface area contributed by atoms with E-state index in [-0.39, 0.29) is 15.8 Å². The molecule has 19 heavy (non-hydrogen) atoms. The molecule has 4 nitrogen and oxygen atoms in total. The first-order valence-electron chi connectivity index (χ1n) is 5.89. The molecule has 1 aromatic carbocycles. The summed E-state index contributed by atoms with van der Waals surface area (Å²) in [6.45, 7) is 1.55. The van der Waals surface area contributed by atoms with Gasteiger partial charge in [-0.3, -0.25) is 0 Å². The van der Waals surface area contributed by atoms with E-state index in [0.29, 0.717) is 5.56 Å². The van der Waals surface area contributed by atoms with Gasteiger partial charge in [-0.15, -0.1) is 0 Å². The summed E-state index contributed by atoms with van der Waals surface area (Å²) < 4.78 is 40.0. The molecular weight excluding hydrogens is 287 g/mol. The van der Waals surface area contributed by atoms with Crippen molar-refractivity contribution in [1.82, 2.24) is 4.72 Å². The molecule has 1 unspecified atom stereocenters. The quantitative estimate of drug-likeness (QED) is 0.808. The number of sulfonamides is 1. The summed E-state index contributed by atoms with van der Waals surface area (Å²) in [5.74, 6) is -0.294. The fourth-order valence-corrected chi connectivity index (χ4v) is 3.80. The van der Waals surface area contributed by atoms with E-state index in [1.165, 1.54) is 12.1 Å². The van der Waals surface area contributed by atoms with Crippen LogP contribution in [0.15, 0.2) is 23.1 Å². The van der Waals surface area contributed by atoms with Crippen molar-refractivity contribution in [1.29, 1.82) is 0 Å². The van der Waals surface area contributed by atoms with Gasteiger partial charge in [0.15, 0.2) is 0 Å². The van der Waals surface area contributed by atoms with Crippen molar-refractivity contribution in [3.8, 4) is 0 Å². The van der Waals surface area contributed by atoms with Crippen LogP contribution in [0.25, 0.3) is 0 Å². The highest BCUT2D eigenvalue weighted by Crippen LogP contribution is 2.33. The van der Waals surface area contributed by atoms with Gasteiger partial charge in [-0.05, 0) is 49.4 Å². The normalized spacial score (nSPS) is 17.2. The zero-order chi connectivity index (χ0) is 14.2. The molecule has 3 N–H and O–H groups in total. The zero-order valence-electron chi connectivity index (χ0n) is 10.4. The second kappa shape index (κ2) is 5.15. The Morgan fingerprint density at radius 2 is 2.16 bits per heavy atom. The molecule has 0 radical (unpaired) electrons. The molecule has 0 aliphatic heterocycles. The largest absolute Gasteiger partial charge is 0.392 e. The molecular formula is C12H15FN2O2S2. The summed E-state index contributed by atoms with van der Waals surface area (Å²) in [7, 11) is -3.74. The first-order chi connectivity index (χ1) is 8.81. The third kappa shape index (κ3) is 3.29. The summed E-state index contributed by atoms with van der Waals surface area (Å²) >= 11 is 4.90. The molecule has 0 bridgehead atoms. The van der Waals surface area contributed by atoms with Crippen LogP contribution in [-0.4, -0.2) is 19.4 Å². The van der Waals surface area contributed by atoms with E-state index in [2.05, 4.69) is 4.72 Å². The van der Waals surface area contributed by atoms with Gasteiger partial charge in [0.25, 0.3) is 0 Å². The van der Waals surface area contributed by atoms with Gasteiger partial charge in [0.2, 0.25) is 10.0 Å². The van der Waals surface area contributed by atoms with E-state index < -0.39 is 21.9 Å². The Hall–Kier alpha value is -1.05. The van der Waals surface area contributed by atoms with E-state index in [4.69, 9.17) is 18.0 Å². The molecule has 104 valence electrons. The van der Waals surface area contributed by atoms with Crippen LogP contribution >= 0.6 is 12.2 Å². The number of hydrogen-bond acceptors (Lipinski definition) is 3. The molecule has 1 aromatic rings. The van der Waals surface area contributed by atoms with Crippen LogP contribution in [0.4, 0.5) is 4.39 Å². The van der Waals surface area contributed by atoms with Crippen molar-refractivity contribution in [2.24, 2.45) is 11.7 Å². The van der Waals surface area contributed by atoms with Gasteiger partial charge < -0.3 is 5.73 Å². The third-order valence-electron chi connectivity index (χ3n) is 3.11. The molecule has 1 aliphatic rings. The Balaban J connectivity index is 2.29. The lowest BCUT2D eigenvalue weighted by Gasteiger charge is -2.17. The Kier molecular flexibility index (Phi) is 3.89.